The second-order valence-corrected chi connectivity index (χ2v) is 5.36. The Kier molecular flexibility index (Phi) is 9.74. The van der Waals surface area contributed by atoms with Crippen molar-refractivity contribution in [1.29, 1.82) is 0 Å². The zero-order valence-corrected chi connectivity index (χ0v) is 15.7. The zero-order valence-electron chi connectivity index (χ0n) is 12.7. The molecule has 2 aromatic rings. The summed E-state index contributed by atoms with van der Waals surface area (Å²) >= 11 is 8.44. The van der Waals surface area contributed by atoms with Crippen LogP contribution >= 0.6 is 24.4 Å². The van der Waals surface area contributed by atoms with Gasteiger partial charge in [0.2, 0.25) is 0 Å². The molecule has 0 heterocycles. The first-order chi connectivity index (χ1) is 10.4. The van der Waals surface area contributed by atoms with Gasteiger partial charge in [-0.05, 0) is 18.1 Å². The molecular formula is C16H16MgN2O2S2. The summed E-state index contributed by atoms with van der Waals surface area (Å²) in [6.45, 7) is 1.96. The van der Waals surface area contributed by atoms with Crippen molar-refractivity contribution in [2.75, 3.05) is 0 Å². The molecule has 0 fully saturated rings. The number of thiocarbonyl (C=S) groups is 2. The molecule has 23 heavy (non-hydrogen) atoms. The molecule has 2 aromatic carbocycles. The van der Waals surface area contributed by atoms with Crippen LogP contribution in [0.2, 0.25) is 0 Å². The van der Waals surface area contributed by atoms with Crippen molar-refractivity contribution in [3.8, 4) is 0 Å². The van der Waals surface area contributed by atoms with Gasteiger partial charge in [-0.15, -0.1) is 0 Å². The maximum atomic E-state index is 11.3. The van der Waals surface area contributed by atoms with Crippen molar-refractivity contribution >= 4 is 57.8 Å². The largest absolute Gasteiger partial charge is 2.00 e. The van der Waals surface area contributed by atoms with Crippen molar-refractivity contribution in [3.63, 3.8) is 0 Å². The Morgan fingerprint density at radius 2 is 1.22 bits per heavy atom. The van der Waals surface area contributed by atoms with Crippen LogP contribution in [-0.4, -0.2) is 33.4 Å². The van der Waals surface area contributed by atoms with Crippen LogP contribution < -0.4 is 21.3 Å². The first-order valence-electron chi connectivity index (χ1n) is 6.43. The van der Waals surface area contributed by atoms with Gasteiger partial charge in [-0.1, -0.05) is 85.1 Å². The molecule has 7 heteroatoms. The Bertz CT molecular complexity index is 581. The number of nitrogens with one attached hydrogen (secondary N) is 1. The number of benzene rings is 2. The summed E-state index contributed by atoms with van der Waals surface area (Å²) in [5.41, 5.74) is 5.71. The van der Waals surface area contributed by atoms with E-state index in [9.17, 15) is 5.11 Å². The SMILES string of the molecule is CC(NC([O-])=S)(c1ccccc1)c1ccccc1.NC([O-])=S.[Mg+2]. The Morgan fingerprint density at radius 3 is 1.48 bits per heavy atom. The summed E-state index contributed by atoms with van der Waals surface area (Å²) in [7, 11) is 0. The topological polar surface area (TPSA) is 84.2 Å². The van der Waals surface area contributed by atoms with Gasteiger partial charge in [-0.3, -0.25) is 0 Å². The number of nitrogens with two attached hydrogens (primary N) is 1. The van der Waals surface area contributed by atoms with Gasteiger partial charge in [0.1, 0.15) is 0 Å². The normalized spacial score (nSPS) is 9.61. The quantitative estimate of drug-likeness (QED) is 0.611. The molecule has 0 unspecified atom stereocenters. The summed E-state index contributed by atoms with van der Waals surface area (Å²) in [6.07, 6.45) is 0. The van der Waals surface area contributed by atoms with Crippen LogP contribution in [0.5, 0.6) is 0 Å². The molecule has 0 aromatic heterocycles. The van der Waals surface area contributed by atoms with E-state index in [1.54, 1.807) is 0 Å². The molecule has 0 aliphatic rings. The smallest absolute Gasteiger partial charge is 0.852 e. The fourth-order valence-electron chi connectivity index (χ4n) is 2.06. The van der Waals surface area contributed by atoms with Crippen molar-refractivity contribution < 1.29 is 10.2 Å². The molecule has 0 bridgehead atoms. The van der Waals surface area contributed by atoms with Gasteiger partial charge >= 0.3 is 23.1 Å². The zero-order chi connectivity index (χ0) is 16.6. The standard InChI is InChI=1S/C15H15NOS.CH3NOS.Mg/c1-15(16-14(17)18,12-8-4-2-5-9-12)13-10-6-3-7-11-13;2-1(3)4;/h2-11H,1H3,(H2,16,17,18);(H3,2,3,4);/q;;+2/p-2. The van der Waals surface area contributed by atoms with Crippen molar-refractivity contribution in [1.82, 2.24) is 5.32 Å². The minimum absolute atomic E-state index is 0. The maximum Gasteiger partial charge on any atom is 2.00 e. The Hall–Kier alpha value is -1.41. The average Bonchev–Trinajstić information content (AvgIpc) is 2.48. The second-order valence-electron chi connectivity index (χ2n) is 4.59. The summed E-state index contributed by atoms with van der Waals surface area (Å²) in [6, 6.07) is 19.6. The third-order valence-electron chi connectivity index (χ3n) is 3.05. The van der Waals surface area contributed by atoms with Gasteiger partial charge in [0.15, 0.2) is 0 Å². The van der Waals surface area contributed by atoms with Crippen molar-refractivity contribution in [2.45, 2.75) is 12.5 Å². The molecule has 0 spiro atoms. The van der Waals surface area contributed by atoms with E-state index in [1.165, 1.54) is 0 Å². The molecule has 0 saturated carbocycles. The van der Waals surface area contributed by atoms with Crippen molar-refractivity contribution in [2.24, 2.45) is 5.73 Å². The molecule has 2 rings (SSSR count). The number of hydrogen-bond donors (Lipinski definition) is 2. The van der Waals surface area contributed by atoms with E-state index < -0.39 is 15.9 Å². The summed E-state index contributed by atoms with van der Waals surface area (Å²) in [4.78, 5) is 0. The molecule has 4 nitrogen and oxygen atoms in total. The molecule has 116 valence electrons. The second kappa shape index (κ2) is 10.4. The number of hydrogen-bond acceptors (Lipinski definition) is 4. The minimum Gasteiger partial charge on any atom is -0.852 e. The molecule has 0 radical (unpaired) electrons. The summed E-state index contributed by atoms with van der Waals surface area (Å²) < 4.78 is 0. The first kappa shape index (κ1) is 21.6. The molecule has 0 aliphatic heterocycles. The van der Waals surface area contributed by atoms with Gasteiger partial charge in [0, 0.05) is 10.3 Å². The summed E-state index contributed by atoms with van der Waals surface area (Å²) in [5, 5.41) is 22.0. The summed E-state index contributed by atoms with van der Waals surface area (Å²) in [5.74, 6) is 0. The van der Waals surface area contributed by atoms with Gasteiger partial charge in [0.05, 0.1) is 5.54 Å². The molecular weight excluding hydrogens is 341 g/mol. The van der Waals surface area contributed by atoms with Gasteiger partial charge in [-0.25, -0.2) is 0 Å². The minimum atomic E-state index is -0.750. The van der Waals surface area contributed by atoms with E-state index in [0.717, 1.165) is 11.1 Å². The van der Waals surface area contributed by atoms with Crippen LogP contribution in [-0.2, 0) is 5.54 Å². The molecule has 3 N–H and O–H groups in total. The van der Waals surface area contributed by atoms with Crippen LogP contribution in [0, 0.1) is 0 Å². The van der Waals surface area contributed by atoms with E-state index in [0.29, 0.717) is 0 Å². The molecule has 0 atom stereocenters. The monoisotopic (exact) mass is 356 g/mol. The van der Waals surface area contributed by atoms with Gasteiger partial charge in [-0.2, -0.15) is 0 Å². The van der Waals surface area contributed by atoms with E-state index in [2.05, 4.69) is 35.5 Å². The van der Waals surface area contributed by atoms with E-state index in [4.69, 9.17) is 5.11 Å². The molecule has 0 saturated heterocycles. The molecule has 0 aliphatic carbocycles. The van der Waals surface area contributed by atoms with E-state index in [-0.39, 0.29) is 23.1 Å². The predicted molar refractivity (Wildman–Crippen MR) is 97.6 cm³/mol. The average molecular weight is 357 g/mol. The fourth-order valence-corrected chi connectivity index (χ4v) is 2.26. The van der Waals surface area contributed by atoms with Crippen LogP contribution in [0.25, 0.3) is 0 Å². The van der Waals surface area contributed by atoms with E-state index in [1.807, 2.05) is 67.6 Å². The van der Waals surface area contributed by atoms with Crippen molar-refractivity contribution in [3.05, 3.63) is 71.8 Å². The number of rotatable bonds is 3. The third kappa shape index (κ3) is 7.13. The van der Waals surface area contributed by atoms with Crippen LogP contribution in [0.4, 0.5) is 0 Å². The van der Waals surface area contributed by atoms with Crippen LogP contribution in [0.15, 0.2) is 60.7 Å². The fraction of sp³-hybridized carbons (Fsp3) is 0.125. The van der Waals surface area contributed by atoms with Gasteiger partial charge < -0.3 is 21.3 Å². The Balaban J connectivity index is 0.000000871. The molecule has 0 amide bonds. The Labute approximate surface area is 162 Å². The maximum absolute atomic E-state index is 11.3. The predicted octanol–water partition coefficient (Wildman–Crippen LogP) is 0.394. The Morgan fingerprint density at radius 1 is 0.913 bits per heavy atom. The third-order valence-corrected chi connectivity index (χ3v) is 3.16. The van der Waals surface area contributed by atoms with E-state index >= 15 is 0 Å². The van der Waals surface area contributed by atoms with Gasteiger partial charge in [0.25, 0.3) is 0 Å². The van der Waals surface area contributed by atoms with Crippen LogP contribution in [0.3, 0.4) is 0 Å². The van der Waals surface area contributed by atoms with Crippen LogP contribution in [0.1, 0.15) is 18.1 Å². The first-order valence-corrected chi connectivity index (χ1v) is 7.24.